The molecule has 0 rings (SSSR count). The smallest absolute Gasteiger partial charge is 0.264 e. The van der Waals surface area contributed by atoms with Crippen molar-refractivity contribution in [3.05, 3.63) is 0 Å². The third-order valence-electron chi connectivity index (χ3n) is 1.92. The average Bonchev–Trinajstić information content (AvgIpc) is 2.13. The zero-order valence-electron chi connectivity index (χ0n) is 9.40. The van der Waals surface area contributed by atoms with Crippen molar-refractivity contribution in [1.82, 2.24) is 0 Å². The van der Waals surface area contributed by atoms with Crippen LogP contribution in [0.5, 0.6) is 0 Å². The minimum atomic E-state index is -4.00. The van der Waals surface area contributed by atoms with Crippen LogP contribution in [-0.4, -0.2) is 47.2 Å². The van der Waals surface area contributed by atoms with Crippen LogP contribution in [0.1, 0.15) is 25.7 Å². The maximum Gasteiger partial charge on any atom is 0.264 e. The van der Waals surface area contributed by atoms with Crippen LogP contribution in [0.15, 0.2) is 0 Å². The van der Waals surface area contributed by atoms with Crippen molar-refractivity contribution in [2.75, 3.05) is 11.5 Å². The summed E-state index contributed by atoms with van der Waals surface area (Å²) >= 11 is 9.88. The highest BCUT2D eigenvalue weighted by Gasteiger charge is 2.10. The Morgan fingerprint density at radius 2 is 1.06 bits per heavy atom. The molecule has 18 heavy (non-hydrogen) atoms. The summed E-state index contributed by atoms with van der Waals surface area (Å²) in [5.74, 6) is -0.776. The molecule has 0 amide bonds. The van der Waals surface area contributed by atoms with Crippen molar-refractivity contribution in [1.29, 1.82) is 0 Å². The van der Waals surface area contributed by atoms with Crippen LogP contribution in [0.4, 0.5) is 0 Å². The Bertz CT molecular complexity index is 456. The van der Waals surface area contributed by atoms with E-state index >= 15 is 0 Å². The Labute approximate surface area is 117 Å². The van der Waals surface area contributed by atoms with Gasteiger partial charge in [0.05, 0.1) is 11.5 Å². The second-order valence-electron chi connectivity index (χ2n) is 3.63. The van der Waals surface area contributed by atoms with Crippen molar-refractivity contribution in [3.8, 4) is 0 Å². The summed E-state index contributed by atoms with van der Waals surface area (Å²) < 4.78 is 58.8. The van der Waals surface area contributed by atoms with E-state index in [1.807, 2.05) is 0 Å². The first-order valence-corrected chi connectivity index (χ1v) is 9.01. The van der Waals surface area contributed by atoms with Crippen molar-refractivity contribution in [2.24, 2.45) is 0 Å². The summed E-state index contributed by atoms with van der Waals surface area (Å²) in [5.41, 5.74) is 0. The van der Waals surface area contributed by atoms with E-state index in [-0.39, 0.29) is 37.2 Å². The summed E-state index contributed by atoms with van der Waals surface area (Å²) in [6.07, 6.45) is 0.825. The molecule has 0 saturated carbocycles. The van der Waals surface area contributed by atoms with E-state index in [0.29, 0.717) is 9.73 Å². The molecule has 0 unspecified atom stereocenters. The zero-order chi connectivity index (χ0) is 14.4. The molecule has 0 saturated heterocycles. The lowest BCUT2D eigenvalue weighted by atomic mass is 10.1. The highest BCUT2D eigenvalue weighted by Crippen LogP contribution is 2.05. The van der Waals surface area contributed by atoms with Gasteiger partial charge in [-0.05, 0) is 25.7 Å². The summed E-state index contributed by atoms with van der Waals surface area (Å²) in [7, 11) is -7.99. The Hall–Kier alpha value is -0.0000000000000000763. The molecule has 0 aliphatic heterocycles. The Balaban J connectivity index is 3.95. The second kappa shape index (κ2) is 7.56. The molecule has 0 heterocycles. The van der Waals surface area contributed by atoms with Crippen molar-refractivity contribution < 1.29 is 25.9 Å². The lowest BCUT2D eigenvalue weighted by Crippen LogP contribution is -2.13. The van der Waals surface area contributed by atoms with Crippen LogP contribution in [0, 0.1) is 0 Å². The van der Waals surface area contributed by atoms with E-state index in [1.54, 1.807) is 0 Å². The first-order chi connectivity index (χ1) is 8.01. The molecule has 0 aliphatic carbocycles. The number of hydrogen-bond donors (Lipinski definition) is 2. The van der Waals surface area contributed by atoms with Crippen LogP contribution in [0.3, 0.4) is 0 Å². The maximum atomic E-state index is 10.4. The van der Waals surface area contributed by atoms with Gasteiger partial charge in [0.15, 0.2) is 0 Å². The fourth-order valence-electron chi connectivity index (χ4n) is 1.11. The Kier molecular flexibility index (Phi) is 7.56. The van der Waals surface area contributed by atoms with Gasteiger partial charge in [0.2, 0.25) is 0 Å². The summed E-state index contributed by atoms with van der Waals surface area (Å²) in [6, 6.07) is 0. The van der Waals surface area contributed by atoms with Gasteiger partial charge in [0, 0.05) is 9.73 Å². The zero-order valence-corrected chi connectivity index (χ0v) is 12.7. The van der Waals surface area contributed by atoms with Gasteiger partial charge in [-0.3, -0.25) is 9.11 Å². The van der Waals surface area contributed by atoms with Crippen LogP contribution in [-0.2, 0) is 20.2 Å². The lowest BCUT2D eigenvalue weighted by molar-refractivity contribution is 0.479. The van der Waals surface area contributed by atoms with Gasteiger partial charge in [-0.1, -0.05) is 24.4 Å². The SMILES string of the molecule is O=S(=O)(O)CCCC(=S)C(=S)CCCS(=O)(=O)O. The molecule has 0 aromatic heterocycles. The van der Waals surface area contributed by atoms with Gasteiger partial charge in [0.1, 0.15) is 0 Å². The van der Waals surface area contributed by atoms with Gasteiger partial charge in [-0.2, -0.15) is 16.8 Å². The molecule has 0 aromatic carbocycles. The summed E-state index contributed by atoms with van der Waals surface area (Å²) in [6.45, 7) is 0. The molecule has 10 heteroatoms. The second-order valence-corrected chi connectivity index (χ2v) is 7.76. The Morgan fingerprint density at radius 3 is 1.28 bits per heavy atom. The number of thiocarbonyl (C=S) groups is 2. The van der Waals surface area contributed by atoms with Gasteiger partial charge in [-0.15, -0.1) is 0 Å². The van der Waals surface area contributed by atoms with E-state index in [4.69, 9.17) is 33.5 Å². The third kappa shape index (κ3) is 11.1. The first kappa shape index (κ1) is 18.0. The summed E-state index contributed by atoms with van der Waals surface area (Å²) in [5, 5.41) is 0. The van der Waals surface area contributed by atoms with Crippen molar-refractivity contribution in [3.63, 3.8) is 0 Å². The molecule has 6 nitrogen and oxygen atoms in total. The maximum absolute atomic E-state index is 10.4. The molecule has 0 radical (unpaired) electrons. The van der Waals surface area contributed by atoms with E-state index < -0.39 is 20.2 Å². The molecule has 0 atom stereocenters. The van der Waals surface area contributed by atoms with Gasteiger partial charge in [0.25, 0.3) is 20.2 Å². The predicted octanol–water partition coefficient (Wildman–Crippen LogP) is 1.06. The van der Waals surface area contributed by atoms with E-state index in [1.165, 1.54) is 0 Å². The minimum Gasteiger partial charge on any atom is -0.286 e. The molecule has 0 bridgehead atoms. The van der Waals surface area contributed by atoms with Gasteiger partial charge < -0.3 is 0 Å². The quantitative estimate of drug-likeness (QED) is 0.476. The predicted molar refractivity (Wildman–Crippen MR) is 76.5 cm³/mol. The summed E-state index contributed by atoms with van der Waals surface area (Å²) in [4.78, 5) is 0.757. The molecule has 2 N–H and O–H groups in total. The normalized spacial score (nSPS) is 12.3. The Morgan fingerprint density at radius 1 is 0.778 bits per heavy atom. The lowest BCUT2D eigenvalue weighted by Gasteiger charge is -2.04. The monoisotopic (exact) mass is 334 g/mol. The fourth-order valence-corrected chi connectivity index (χ4v) is 2.62. The molecule has 0 fully saturated rings. The van der Waals surface area contributed by atoms with Gasteiger partial charge in [-0.25, -0.2) is 0 Å². The molecule has 0 aromatic rings. The van der Waals surface area contributed by atoms with E-state index in [9.17, 15) is 16.8 Å². The van der Waals surface area contributed by atoms with Crippen LogP contribution >= 0.6 is 24.4 Å². The largest absolute Gasteiger partial charge is 0.286 e. The van der Waals surface area contributed by atoms with E-state index in [0.717, 1.165) is 0 Å². The van der Waals surface area contributed by atoms with Crippen LogP contribution < -0.4 is 0 Å². The molecule has 0 aliphatic rings. The third-order valence-corrected chi connectivity index (χ3v) is 4.56. The average molecular weight is 334 g/mol. The topological polar surface area (TPSA) is 109 Å². The van der Waals surface area contributed by atoms with Crippen LogP contribution in [0.2, 0.25) is 0 Å². The van der Waals surface area contributed by atoms with Gasteiger partial charge >= 0.3 is 0 Å². The van der Waals surface area contributed by atoms with Crippen molar-refractivity contribution in [2.45, 2.75) is 25.7 Å². The number of rotatable bonds is 9. The first-order valence-electron chi connectivity index (χ1n) is 4.97. The number of hydrogen-bond acceptors (Lipinski definition) is 6. The molecular weight excluding hydrogens is 320 g/mol. The minimum absolute atomic E-state index is 0.163. The van der Waals surface area contributed by atoms with E-state index in [2.05, 4.69) is 0 Å². The molecular formula is C8H14O6S4. The molecule has 106 valence electrons. The standard InChI is InChI=1S/C8H14O6S4/c9-17(10,11)5-1-3-7(15)8(16)4-2-6-18(12,13)14/h1-6H2,(H,9,10,11)(H,12,13,14). The van der Waals surface area contributed by atoms with Crippen LogP contribution in [0.25, 0.3) is 0 Å². The van der Waals surface area contributed by atoms with Crippen molar-refractivity contribution >= 4 is 54.4 Å². The fraction of sp³-hybridized carbons (Fsp3) is 0.750. The highest BCUT2D eigenvalue weighted by molar-refractivity contribution is 7.89. The highest BCUT2D eigenvalue weighted by atomic mass is 32.2. The molecule has 0 spiro atoms.